The minimum absolute atomic E-state index is 0.344. The van der Waals surface area contributed by atoms with Gasteiger partial charge in [-0.05, 0) is 53.8 Å². The molecule has 2 aromatic rings. The van der Waals surface area contributed by atoms with Crippen LogP contribution in [0.15, 0.2) is 59.1 Å². The van der Waals surface area contributed by atoms with Gasteiger partial charge < -0.3 is 5.32 Å². The summed E-state index contributed by atoms with van der Waals surface area (Å²) < 4.78 is 1.13. The van der Waals surface area contributed by atoms with Gasteiger partial charge in [-0.2, -0.15) is 0 Å². The average Bonchev–Trinajstić information content (AvgIpc) is 2.96. The number of fused-ring (bicyclic) bond motifs is 3. The van der Waals surface area contributed by atoms with Crippen LogP contribution in [0, 0.1) is 5.92 Å². The first-order valence-electron chi connectivity index (χ1n) is 7.20. The molecule has 0 spiro atoms. The summed E-state index contributed by atoms with van der Waals surface area (Å²) >= 11 is 9.76. The summed E-state index contributed by atoms with van der Waals surface area (Å²) in [7, 11) is 0. The van der Waals surface area contributed by atoms with Gasteiger partial charge in [-0.25, -0.2) is 0 Å². The molecule has 0 saturated carbocycles. The summed E-state index contributed by atoms with van der Waals surface area (Å²) in [6.07, 6.45) is 5.75. The van der Waals surface area contributed by atoms with Crippen molar-refractivity contribution in [1.29, 1.82) is 0 Å². The Morgan fingerprint density at radius 3 is 2.90 bits per heavy atom. The predicted molar refractivity (Wildman–Crippen MR) is 91.9 cm³/mol. The molecule has 2 aliphatic rings. The highest BCUT2D eigenvalue weighted by Crippen LogP contribution is 2.50. The van der Waals surface area contributed by atoms with Gasteiger partial charge in [0.15, 0.2) is 0 Å². The average molecular weight is 361 g/mol. The third-order valence-corrected chi connectivity index (χ3v) is 5.26. The molecule has 0 aromatic heterocycles. The summed E-state index contributed by atoms with van der Waals surface area (Å²) in [5, 5.41) is 4.53. The van der Waals surface area contributed by atoms with Crippen molar-refractivity contribution in [3.8, 4) is 0 Å². The minimum Gasteiger partial charge on any atom is -0.378 e. The highest BCUT2D eigenvalue weighted by Gasteiger charge is 2.37. The predicted octanol–water partition coefficient (Wildman–Crippen LogP) is 5.93. The monoisotopic (exact) mass is 359 g/mol. The molecule has 3 heteroatoms. The molecule has 1 aliphatic heterocycles. The van der Waals surface area contributed by atoms with Crippen LogP contribution in [-0.4, -0.2) is 0 Å². The van der Waals surface area contributed by atoms with Gasteiger partial charge in [0, 0.05) is 21.1 Å². The fourth-order valence-corrected chi connectivity index (χ4v) is 4.19. The van der Waals surface area contributed by atoms with Crippen molar-refractivity contribution in [2.45, 2.75) is 18.4 Å². The van der Waals surface area contributed by atoms with Crippen LogP contribution in [0.5, 0.6) is 0 Å². The van der Waals surface area contributed by atoms with Gasteiger partial charge in [0.2, 0.25) is 0 Å². The quantitative estimate of drug-likeness (QED) is 0.622. The molecule has 1 aliphatic carbocycles. The van der Waals surface area contributed by atoms with Crippen LogP contribution < -0.4 is 5.32 Å². The SMILES string of the molecule is Clc1ccc2c(c1)[C@@H]1C=CC[C@H]1[C@@H](c1cccc(Br)c1)N2. The lowest BCUT2D eigenvalue weighted by Gasteiger charge is -2.37. The van der Waals surface area contributed by atoms with Crippen molar-refractivity contribution in [1.82, 2.24) is 0 Å². The van der Waals surface area contributed by atoms with E-state index in [1.165, 1.54) is 16.8 Å². The molecule has 0 unspecified atom stereocenters. The van der Waals surface area contributed by atoms with E-state index in [4.69, 9.17) is 11.6 Å². The van der Waals surface area contributed by atoms with Crippen LogP contribution in [0.1, 0.15) is 29.5 Å². The summed E-state index contributed by atoms with van der Waals surface area (Å²) in [5.74, 6) is 1.02. The van der Waals surface area contributed by atoms with Crippen LogP contribution in [0.25, 0.3) is 0 Å². The molecule has 3 atom stereocenters. The van der Waals surface area contributed by atoms with E-state index >= 15 is 0 Å². The smallest absolute Gasteiger partial charge is 0.0554 e. The zero-order valence-corrected chi connectivity index (χ0v) is 13.7. The minimum atomic E-state index is 0.344. The number of rotatable bonds is 1. The summed E-state index contributed by atoms with van der Waals surface area (Å²) in [5.41, 5.74) is 3.87. The Hall–Kier alpha value is -1.25. The highest BCUT2D eigenvalue weighted by atomic mass is 79.9. The molecule has 0 fully saturated rings. The van der Waals surface area contributed by atoms with Crippen LogP contribution in [0.3, 0.4) is 0 Å². The Balaban J connectivity index is 1.80. The Morgan fingerprint density at radius 1 is 1.14 bits per heavy atom. The molecule has 2 aromatic carbocycles. The van der Waals surface area contributed by atoms with Crippen LogP contribution in [-0.2, 0) is 0 Å². The topological polar surface area (TPSA) is 12.0 Å². The van der Waals surface area contributed by atoms with E-state index < -0.39 is 0 Å². The van der Waals surface area contributed by atoms with Gasteiger partial charge in [0.25, 0.3) is 0 Å². The van der Waals surface area contributed by atoms with Crippen molar-refractivity contribution in [3.05, 3.63) is 75.2 Å². The van der Waals surface area contributed by atoms with E-state index in [1.807, 2.05) is 6.07 Å². The van der Waals surface area contributed by atoms with Gasteiger partial charge in [-0.3, -0.25) is 0 Å². The van der Waals surface area contributed by atoms with Crippen molar-refractivity contribution < 1.29 is 0 Å². The van der Waals surface area contributed by atoms with Crippen molar-refractivity contribution >= 4 is 33.2 Å². The molecular formula is C18H15BrClN. The van der Waals surface area contributed by atoms with E-state index in [-0.39, 0.29) is 0 Å². The fraction of sp³-hybridized carbons (Fsp3) is 0.222. The number of halogens is 2. The van der Waals surface area contributed by atoms with Crippen LogP contribution in [0.4, 0.5) is 5.69 Å². The van der Waals surface area contributed by atoms with Crippen molar-refractivity contribution in [2.24, 2.45) is 5.92 Å². The van der Waals surface area contributed by atoms with E-state index in [0.717, 1.165) is 15.9 Å². The summed E-state index contributed by atoms with van der Waals surface area (Å²) in [4.78, 5) is 0. The Morgan fingerprint density at radius 2 is 2.05 bits per heavy atom. The second kappa shape index (κ2) is 5.19. The van der Waals surface area contributed by atoms with Crippen molar-refractivity contribution in [2.75, 3.05) is 5.32 Å². The number of hydrogen-bond donors (Lipinski definition) is 1. The molecule has 0 radical (unpaired) electrons. The standard InChI is InChI=1S/C18H15BrClN/c19-12-4-1-3-11(9-12)18-15-6-2-5-14(15)16-10-13(20)7-8-17(16)21-18/h1-5,7-10,14-15,18,21H,6H2/t14-,15-,18-/m1/s1. The Bertz CT molecular complexity index is 725. The van der Waals surface area contributed by atoms with Gasteiger partial charge >= 0.3 is 0 Å². The fourth-order valence-electron chi connectivity index (χ4n) is 3.60. The van der Waals surface area contributed by atoms with Gasteiger partial charge in [0.05, 0.1) is 6.04 Å². The lowest BCUT2D eigenvalue weighted by atomic mass is 9.77. The zero-order chi connectivity index (χ0) is 14.4. The Kier molecular flexibility index (Phi) is 3.31. The third-order valence-electron chi connectivity index (χ3n) is 4.53. The first-order chi connectivity index (χ1) is 10.2. The first kappa shape index (κ1) is 13.4. The van der Waals surface area contributed by atoms with Crippen molar-refractivity contribution in [3.63, 3.8) is 0 Å². The maximum atomic E-state index is 6.18. The highest BCUT2D eigenvalue weighted by molar-refractivity contribution is 9.10. The normalized spacial score (nSPS) is 26.1. The number of allylic oxidation sites excluding steroid dienone is 2. The maximum Gasteiger partial charge on any atom is 0.0554 e. The van der Waals surface area contributed by atoms with Gasteiger partial charge in [-0.15, -0.1) is 0 Å². The molecule has 21 heavy (non-hydrogen) atoms. The number of hydrogen-bond acceptors (Lipinski definition) is 1. The number of anilines is 1. The molecule has 1 nitrogen and oxygen atoms in total. The third kappa shape index (κ3) is 2.31. The summed E-state index contributed by atoms with van der Waals surface area (Å²) in [6, 6.07) is 15.1. The second-order valence-corrected chi connectivity index (χ2v) is 7.11. The lowest BCUT2D eigenvalue weighted by molar-refractivity contribution is 0.425. The number of nitrogens with one attached hydrogen (secondary N) is 1. The second-order valence-electron chi connectivity index (χ2n) is 5.76. The Labute approximate surface area is 138 Å². The molecule has 0 bridgehead atoms. The lowest BCUT2D eigenvalue weighted by Crippen LogP contribution is -2.29. The molecule has 106 valence electrons. The molecule has 0 amide bonds. The molecule has 4 rings (SSSR count). The molecule has 1 N–H and O–H groups in total. The van der Waals surface area contributed by atoms with E-state index in [9.17, 15) is 0 Å². The number of benzene rings is 2. The maximum absolute atomic E-state index is 6.18. The summed E-state index contributed by atoms with van der Waals surface area (Å²) in [6.45, 7) is 0. The molecule has 1 heterocycles. The van der Waals surface area contributed by atoms with E-state index in [1.54, 1.807) is 0 Å². The van der Waals surface area contributed by atoms with E-state index in [2.05, 4.69) is 69.8 Å². The molecular weight excluding hydrogens is 346 g/mol. The van der Waals surface area contributed by atoms with Gasteiger partial charge in [0.1, 0.15) is 0 Å². The van der Waals surface area contributed by atoms with Crippen LogP contribution >= 0.6 is 27.5 Å². The van der Waals surface area contributed by atoms with E-state index in [0.29, 0.717) is 17.9 Å². The van der Waals surface area contributed by atoms with Gasteiger partial charge in [-0.1, -0.05) is 51.8 Å². The van der Waals surface area contributed by atoms with Crippen LogP contribution in [0.2, 0.25) is 5.02 Å². The molecule has 0 saturated heterocycles. The zero-order valence-electron chi connectivity index (χ0n) is 11.4. The first-order valence-corrected chi connectivity index (χ1v) is 8.37. The largest absolute Gasteiger partial charge is 0.378 e.